The highest BCUT2D eigenvalue weighted by Gasteiger charge is 2.14. The van der Waals surface area contributed by atoms with Gasteiger partial charge in [-0.1, -0.05) is 18.2 Å². The van der Waals surface area contributed by atoms with E-state index in [2.05, 4.69) is 15.6 Å². The molecule has 1 heterocycles. The Balaban J connectivity index is 0.00000225. The zero-order chi connectivity index (χ0) is 16.8. The normalized spacial score (nSPS) is 13.3. The second-order valence-corrected chi connectivity index (χ2v) is 5.47. The van der Waals surface area contributed by atoms with Crippen molar-refractivity contribution in [2.75, 3.05) is 23.8 Å². The monoisotopic (exact) mass is 452 g/mol. The fourth-order valence-electron chi connectivity index (χ4n) is 2.49. The molecule has 0 bridgehead atoms. The lowest BCUT2D eigenvalue weighted by Gasteiger charge is -2.17. The van der Waals surface area contributed by atoms with Gasteiger partial charge in [-0.3, -0.25) is 4.79 Å². The van der Waals surface area contributed by atoms with Gasteiger partial charge in [0.2, 0.25) is 5.91 Å². The van der Waals surface area contributed by atoms with Gasteiger partial charge in [-0.15, -0.1) is 24.0 Å². The molecular weight excluding hydrogens is 431 g/mol. The van der Waals surface area contributed by atoms with Gasteiger partial charge in [-0.2, -0.15) is 0 Å². The lowest BCUT2D eigenvalue weighted by atomic mass is 10.0. The number of fused-ring (bicyclic) bond motifs is 1. The molecule has 2 aromatic rings. The molecule has 132 valence electrons. The van der Waals surface area contributed by atoms with Crippen molar-refractivity contribution >= 4 is 47.2 Å². The third-order valence-corrected chi connectivity index (χ3v) is 3.66. The molecule has 1 aliphatic heterocycles. The second kappa shape index (κ2) is 9.26. The fraction of sp³-hybridized carbons (Fsp3) is 0.222. The first-order valence-electron chi connectivity index (χ1n) is 7.88. The van der Waals surface area contributed by atoms with E-state index in [1.165, 1.54) is 0 Å². The van der Waals surface area contributed by atoms with Crippen LogP contribution in [-0.2, 0) is 11.2 Å². The number of nitrogens with two attached hydrogens (primary N) is 1. The molecule has 0 aromatic heterocycles. The Morgan fingerprint density at radius 3 is 2.80 bits per heavy atom. The van der Waals surface area contributed by atoms with E-state index >= 15 is 0 Å². The molecule has 6 nitrogen and oxygen atoms in total. The number of halogens is 1. The van der Waals surface area contributed by atoms with Gasteiger partial charge in [0.05, 0.1) is 6.54 Å². The molecule has 0 atom stereocenters. The number of aryl methyl sites for hydroxylation is 1. The number of hydrogen-bond donors (Lipinski definition) is 3. The maximum atomic E-state index is 11.3. The van der Waals surface area contributed by atoms with Crippen molar-refractivity contribution in [2.24, 2.45) is 10.7 Å². The zero-order valence-corrected chi connectivity index (χ0v) is 16.0. The van der Waals surface area contributed by atoms with Gasteiger partial charge >= 0.3 is 0 Å². The van der Waals surface area contributed by atoms with Gasteiger partial charge < -0.3 is 21.1 Å². The molecule has 0 spiro atoms. The molecule has 1 amide bonds. The van der Waals surface area contributed by atoms with Crippen LogP contribution in [0.15, 0.2) is 53.5 Å². The van der Waals surface area contributed by atoms with E-state index in [1.54, 1.807) is 0 Å². The third kappa shape index (κ3) is 5.63. The fourth-order valence-corrected chi connectivity index (χ4v) is 2.49. The number of rotatable bonds is 5. The average molecular weight is 452 g/mol. The van der Waals surface area contributed by atoms with Crippen LogP contribution in [-0.4, -0.2) is 25.0 Å². The van der Waals surface area contributed by atoms with Crippen LogP contribution in [0.5, 0.6) is 5.75 Å². The van der Waals surface area contributed by atoms with Gasteiger partial charge in [-0.05, 0) is 42.3 Å². The number of anilines is 2. The summed E-state index contributed by atoms with van der Waals surface area (Å²) in [7, 11) is 0. The number of hydrogen-bond acceptors (Lipinski definition) is 3. The lowest BCUT2D eigenvalue weighted by Crippen LogP contribution is -2.23. The van der Waals surface area contributed by atoms with E-state index in [0.29, 0.717) is 25.5 Å². The summed E-state index contributed by atoms with van der Waals surface area (Å²) in [6, 6.07) is 15.3. The second-order valence-electron chi connectivity index (χ2n) is 5.47. The van der Waals surface area contributed by atoms with Gasteiger partial charge in [0, 0.05) is 17.8 Å². The molecule has 0 saturated carbocycles. The molecule has 0 saturated heterocycles. The summed E-state index contributed by atoms with van der Waals surface area (Å²) < 4.78 is 5.70. The molecule has 0 fully saturated rings. The minimum absolute atomic E-state index is 0. The SMILES string of the molecule is I.NC(=NCCOc1ccc2c(c1)CCC(=O)N2)Nc1ccccc1. The Bertz CT molecular complexity index is 750. The van der Waals surface area contributed by atoms with Crippen LogP contribution < -0.4 is 21.1 Å². The molecule has 7 heteroatoms. The maximum Gasteiger partial charge on any atom is 0.224 e. The molecule has 0 unspecified atom stereocenters. The number of benzene rings is 2. The first kappa shape index (κ1) is 19.0. The Morgan fingerprint density at radius 1 is 1.20 bits per heavy atom. The summed E-state index contributed by atoms with van der Waals surface area (Å²) in [6.07, 6.45) is 1.26. The van der Waals surface area contributed by atoms with E-state index in [4.69, 9.17) is 10.5 Å². The Labute approximate surface area is 163 Å². The number of nitrogens with zero attached hydrogens (tertiary/aromatic N) is 1. The van der Waals surface area contributed by atoms with E-state index < -0.39 is 0 Å². The standard InChI is InChI=1S/C18H20N4O2.HI/c19-18(21-14-4-2-1-3-5-14)20-10-11-24-15-7-8-16-13(12-15)6-9-17(23)22-16;/h1-5,7-8,12H,6,9-11H2,(H,22,23)(H3,19,20,21);1H. The highest BCUT2D eigenvalue weighted by Crippen LogP contribution is 2.26. The lowest BCUT2D eigenvalue weighted by molar-refractivity contribution is -0.116. The number of ether oxygens (including phenoxy) is 1. The highest BCUT2D eigenvalue weighted by atomic mass is 127. The molecule has 4 N–H and O–H groups in total. The van der Waals surface area contributed by atoms with Crippen molar-refractivity contribution in [3.8, 4) is 5.75 Å². The minimum atomic E-state index is 0. The summed E-state index contributed by atoms with van der Waals surface area (Å²) in [5.41, 5.74) is 8.70. The topological polar surface area (TPSA) is 88.7 Å². The number of nitrogens with one attached hydrogen (secondary N) is 2. The summed E-state index contributed by atoms with van der Waals surface area (Å²) in [5.74, 6) is 1.19. The van der Waals surface area contributed by atoms with Crippen LogP contribution in [0.4, 0.5) is 11.4 Å². The number of guanidine groups is 1. The van der Waals surface area contributed by atoms with Crippen molar-refractivity contribution in [1.82, 2.24) is 0 Å². The average Bonchev–Trinajstić information content (AvgIpc) is 2.59. The van der Waals surface area contributed by atoms with Crippen molar-refractivity contribution in [3.63, 3.8) is 0 Å². The van der Waals surface area contributed by atoms with E-state index in [1.807, 2.05) is 48.5 Å². The van der Waals surface area contributed by atoms with E-state index in [-0.39, 0.29) is 29.9 Å². The third-order valence-electron chi connectivity index (χ3n) is 3.66. The van der Waals surface area contributed by atoms with Crippen molar-refractivity contribution < 1.29 is 9.53 Å². The Kier molecular flexibility index (Phi) is 7.05. The van der Waals surface area contributed by atoms with Gasteiger partial charge in [0.15, 0.2) is 5.96 Å². The number of carbonyl (C=O) groups is 1. The highest BCUT2D eigenvalue weighted by molar-refractivity contribution is 14.0. The summed E-state index contributed by atoms with van der Waals surface area (Å²) in [4.78, 5) is 15.6. The number of carbonyl (C=O) groups excluding carboxylic acids is 1. The minimum Gasteiger partial charge on any atom is -0.492 e. The maximum absolute atomic E-state index is 11.3. The molecule has 0 aliphatic carbocycles. The molecule has 1 aliphatic rings. The zero-order valence-electron chi connectivity index (χ0n) is 13.7. The van der Waals surface area contributed by atoms with Gasteiger partial charge in [0.25, 0.3) is 0 Å². The van der Waals surface area contributed by atoms with E-state index in [0.717, 1.165) is 29.1 Å². The van der Waals surface area contributed by atoms with Gasteiger partial charge in [0.1, 0.15) is 12.4 Å². The molecule has 25 heavy (non-hydrogen) atoms. The Hall–Kier alpha value is -2.29. The predicted molar refractivity (Wildman–Crippen MR) is 111 cm³/mol. The first-order chi connectivity index (χ1) is 11.7. The molecular formula is C18H21IN4O2. The summed E-state index contributed by atoms with van der Waals surface area (Å²) in [6.45, 7) is 0.891. The largest absolute Gasteiger partial charge is 0.492 e. The van der Waals surface area contributed by atoms with Crippen LogP contribution in [0, 0.1) is 0 Å². The molecule has 3 rings (SSSR count). The summed E-state index contributed by atoms with van der Waals surface area (Å²) in [5, 5.41) is 5.87. The predicted octanol–water partition coefficient (Wildman–Crippen LogP) is 2.99. The summed E-state index contributed by atoms with van der Waals surface area (Å²) >= 11 is 0. The van der Waals surface area contributed by atoms with Crippen LogP contribution in [0.3, 0.4) is 0 Å². The van der Waals surface area contributed by atoms with Crippen LogP contribution in [0.2, 0.25) is 0 Å². The number of para-hydroxylation sites is 1. The first-order valence-corrected chi connectivity index (χ1v) is 7.88. The van der Waals surface area contributed by atoms with Crippen molar-refractivity contribution in [2.45, 2.75) is 12.8 Å². The van der Waals surface area contributed by atoms with Crippen molar-refractivity contribution in [3.05, 3.63) is 54.1 Å². The Morgan fingerprint density at radius 2 is 2.00 bits per heavy atom. The van der Waals surface area contributed by atoms with Crippen LogP contribution in [0.1, 0.15) is 12.0 Å². The van der Waals surface area contributed by atoms with Crippen LogP contribution in [0.25, 0.3) is 0 Å². The van der Waals surface area contributed by atoms with Gasteiger partial charge in [-0.25, -0.2) is 4.99 Å². The number of amides is 1. The number of aliphatic imine (C=N–C) groups is 1. The molecule has 2 aromatic carbocycles. The quantitative estimate of drug-likeness (QED) is 0.282. The molecule has 0 radical (unpaired) electrons. The van der Waals surface area contributed by atoms with Crippen LogP contribution >= 0.6 is 24.0 Å². The van der Waals surface area contributed by atoms with Crippen molar-refractivity contribution in [1.29, 1.82) is 0 Å². The van der Waals surface area contributed by atoms with E-state index in [9.17, 15) is 4.79 Å². The smallest absolute Gasteiger partial charge is 0.224 e.